The molecule has 0 radical (unpaired) electrons. The van der Waals surface area contributed by atoms with Gasteiger partial charge in [-0.3, -0.25) is 9.69 Å². The maximum absolute atomic E-state index is 13.6. The first-order valence-corrected chi connectivity index (χ1v) is 13.7. The van der Waals surface area contributed by atoms with Crippen LogP contribution in [0.25, 0.3) is 6.08 Å². The molecule has 0 bridgehead atoms. The SMILES string of the molecule is CC1=C(C(=O)NCCCN2CCOCC2)C(c2cccc(Cl)c2)C(C(=O)OC/C=C/c2ccccc2)=C(C)N1. The molecule has 0 aliphatic carbocycles. The number of nitrogens with one attached hydrogen (secondary N) is 2. The molecule has 1 amide bonds. The van der Waals surface area contributed by atoms with Gasteiger partial charge in [0.1, 0.15) is 6.61 Å². The summed E-state index contributed by atoms with van der Waals surface area (Å²) in [5.41, 5.74) is 4.01. The molecule has 7 nitrogen and oxygen atoms in total. The van der Waals surface area contributed by atoms with Gasteiger partial charge in [-0.1, -0.05) is 60.1 Å². The molecule has 0 spiro atoms. The lowest BCUT2D eigenvalue weighted by molar-refractivity contribution is -0.138. The highest BCUT2D eigenvalue weighted by atomic mass is 35.5. The van der Waals surface area contributed by atoms with E-state index in [0.717, 1.165) is 50.4 Å². The zero-order valence-corrected chi connectivity index (χ0v) is 23.3. The fourth-order valence-electron chi connectivity index (χ4n) is 4.96. The van der Waals surface area contributed by atoms with E-state index < -0.39 is 11.9 Å². The van der Waals surface area contributed by atoms with Gasteiger partial charge in [-0.25, -0.2) is 4.79 Å². The second kappa shape index (κ2) is 14.1. The average Bonchev–Trinajstić information content (AvgIpc) is 2.94. The fraction of sp³-hybridized carbons (Fsp3) is 0.355. The lowest BCUT2D eigenvalue weighted by Gasteiger charge is -2.31. The van der Waals surface area contributed by atoms with Crippen LogP contribution in [0.15, 0.2) is 83.2 Å². The number of hydrogen-bond donors (Lipinski definition) is 2. The first-order chi connectivity index (χ1) is 18.9. The molecule has 8 heteroatoms. The van der Waals surface area contributed by atoms with Crippen LogP contribution in [0.5, 0.6) is 0 Å². The topological polar surface area (TPSA) is 79.9 Å². The minimum atomic E-state index is -0.616. The molecule has 1 atom stereocenters. The van der Waals surface area contributed by atoms with Crippen LogP contribution in [0.3, 0.4) is 0 Å². The van der Waals surface area contributed by atoms with Gasteiger partial charge in [0.05, 0.1) is 24.7 Å². The molecule has 4 rings (SSSR count). The van der Waals surface area contributed by atoms with Gasteiger partial charge < -0.3 is 20.1 Å². The van der Waals surface area contributed by atoms with Crippen molar-refractivity contribution in [1.82, 2.24) is 15.5 Å². The van der Waals surface area contributed by atoms with E-state index in [1.165, 1.54) is 0 Å². The molecule has 39 heavy (non-hydrogen) atoms. The van der Waals surface area contributed by atoms with E-state index in [4.69, 9.17) is 21.1 Å². The van der Waals surface area contributed by atoms with Crippen molar-refractivity contribution in [3.8, 4) is 0 Å². The number of ether oxygens (including phenoxy) is 2. The normalized spacial score (nSPS) is 18.3. The van der Waals surface area contributed by atoms with Crippen molar-refractivity contribution in [2.24, 2.45) is 0 Å². The van der Waals surface area contributed by atoms with Gasteiger partial charge in [0.2, 0.25) is 5.91 Å². The standard InChI is InChI=1S/C31H36ClN3O4/c1-22-27(30(36)33-14-8-15-35-16-19-38-20-17-35)29(25-12-6-13-26(32)21-25)28(23(2)34-22)31(37)39-18-7-11-24-9-4-3-5-10-24/h3-7,9-13,21,29,34H,8,14-20H2,1-2H3,(H,33,36)/b11-7+. The van der Waals surface area contributed by atoms with Crippen LogP contribution in [-0.4, -0.2) is 62.8 Å². The molecule has 206 valence electrons. The van der Waals surface area contributed by atoms with Gasteiger partial charge in [-0.15, -0.1) is 0 Å². The Bertz CT molecular complexity index is 1250. The van der Waals surface area contributed by atoms with Gasteiger partial charge in [0, 0.05) is 41.6 Å². The maximum atomic E-state index is 13.6. The minimum absolute atomic E-state index is 0.110. The van der Waals surface area contributed by atoms with Crippen molar-refractivity contribution < 1.29 is 19.1 Å². The Kier molecular flexibility index (Phi) is 10.4. The molecule has 2 aromatic rings. The van der Waals surface area contributed by atoms with Gasteiger partial charge in [0.15, 0.2) is 0 Å². The second-order valence-electron chi connectivity index (χ2n) is 9.67. The molecular formula is C31H36ClN3O4. The Morgan fingerprint density at radius 2 is 1.82 bits per heavy atom. The number of rotatable bonds is 10. The van der Waals surface area contributed by atoms with E-state index in [0.29, 0.717) is 34.1 Å². The van der Waals surface area contributed by atoms with Gasteiger partial charge in [0.25, 0.3) is 0 Å². The predicted octanol–water partition coefficient (Wildman–Crippen LogP) is 4.67. The summed E-state index contributed by atoms with van der Waals surface area (Å²) >= 11 is 6.34. The average molecular weight is 550 g/mol. The minimum Gasteiger partial charge on any atom is -0.458 e. The second-order valence-corrected chi connectivity index (χ2v) is 10.1. The van der Waals surface area contributed by atoms with Crippen LogP contribution >= 0.6 is 11.6 Å². The summed E-state index contributed by atoms with van der Waals surface area (Å²) in [5, 5.41) is 6.84. The van der Waals surface area contributed by atoms with Crippen molar-refractivity contribution >= 4 is 29.6 Å². The summed E-state index contributed by atoms with van der Waals surface area (Å²) in [6.45, 7) is 8.54. The molecule has 2 N–H and O–H groups in total. The van der Waals surface area contributed by atoms with E-state index in [1.807, 2.05) is 62.4 Å². The number of benzene rings is 2. The highest BCUT2D eigenvalue weighted by molar-refractivity contribution is 6.30. The number of allylic oxidation sites excluding steroid dienone is 2. The highest BCUT2D eigenvalue weighted by Crippen LogP contribution is 2.39. The molecule has 2 aliphatic rings. The summed E-state index contributed by atoms with van der Waals surface area (Å²) in [5.74, 6) is -1.31. The first kappa shape index (κ1) is 28.6. The Morgan fingerprint density at radius 1 is 1.08 bits per heavy atom. The van der Waals surface area contributed by atoms with Crippen molar-refractivity contribution in [3.05, 3.63) is 99.4 Å². The number of halogens is 1. The van der Waals surface area contributed by atoms with E-state index >= 15 is 0 Å². The third-order valence-corrected chi connectivity index (χ3v) is 7.10. The van der Waals surface area contributed by atoms with Gasteiger partial charge >= 0.3 is 5.97 Å². The third-order valence-electron chi connectivity index (χ3n) is 6.87. The van der Waals surface area contributed by atoms with Gasteiger partial charge in [-0.2, -0.15) is 0 Å². The molecule has 1 saturated heterocycles. The van der Waals surface area contributed by atoms with Crippen LogP contribution < -0.4 is 10.6 Å². The lowest BCUT2D eigenvalue weighted by atomic mass is 9.80. The van der Waals surface area contributed by atoms with Gasteiger partial charge in [-0.05, 0) is 56.1 Å². The maximum Gasteiger partial charge on any atom is 0.337 e. The van der Waals surface area contributed by atoms with Crippen LogP contribution in [-0.2, 0) is 19.1 Å². The largest absolute Gasteiger partial charge is 0.458 e. The van der Waals surface area contributed by atoms with Crippen LogP contribution in [0.2, 0.25) is 5.02 Å². The number of dihydropyridines is 1. The summed E-state index contributed by atoms with van der Waals surface area (Å²) in [6.07, 6.45) is 4.53. The highest BCUT2D eigenvalue weighted by Gasteiger charge is 2.37. The number of carbonyl (C=O) groups is 2. The van der Waals surface area contributed by atoms with E-state index in [1.54, 1.807) is 18.2 Å². The Morgan fingerprint density at radius 3 is 2.56 bits per heavy atom. The van der Waals surface area contributed by atoms with E-state index in [-0.39, 0.29) is 12.5 Å². The number of carbonyl (C=O) groups excluding carboxylic acids is 2. The molecule has 2 aromatic carbocycles. The molecule has 1 unspecified atom stereocenters. The Hall–Kier alpha value is -3.39. The lowest BCUT2D eigenvalue weighted by Crippen LogP contribution is -2.39. The zero-order valence-electron chi connectivity index (χ0n) is 22.5. The smallest absolute Gasteiger partial charge is 0.337 e. The number of esters is 1. The van der Waals surface area contributed by atoms with Crippen molar-refractivity contribution in [2.75, 3.05) is 46.0 Å². The Balaban J connectivity index is 1.49. The number of morpholine rings is 1. The van der Waals surface area contributed by atoms with Crippen LogP contribution in [0.1, 0.15) is 37.3 Å². The molecule has 0 aromatic heterocycles. The molecule has 2 aliphatic heterocycles. The number of nitrogens with zero attached hydrogens (tertiary/aromatic N) is 1. The van der Waals surface area contributed by atoms with E-state index in [9.17, 15) is 9.59 Å². The van der Waals surface area contributed by atoms with Crippen LogP contribution in [0, 0.1) is 0 Å². The van der Waals surface area contributed by atoms with E-state index in [2.05, 4.69) is 15.5 Å². The summed E-state index contributed by atoms with van der Waals surface area (Å²) in [7, 11) is 0. The number of amides is 1. The molecular weight excluding hydrogens is 514 g/mol. The molecule has 0 saturated carbocycles. The van der Waals surface area contributed by atoms with Crippen molar-refractivity contribution in [3.63, 3.8) is 0 Å². The quantitative estimate of drug-likeness (QED) is 0.331. The predicted molar refractivity (Wildman–Crippen MR) is 154 cm³/mol. The summed E-state index contributed by atoms with van der Waals surface area (Å²) in [4.78, 5) is 29.3. The zero-order chi connectivity index (χ0) is 27.6. The Labute approximate surface area is 235 Å². The third kappa shape index (κ3) is 7.82. The van der Waals surface area contributed by atoms with Crippen molar-refractivity contribution in [1.29, 1.82) is 0 Å². The van der Waals surface area contributed by atoms with Crippen LogP contribution in [0.4, 0.5) is 0 Å². The summed E-state index contributed by atoms with van der Waals surface area (Å²) in [6, 6.07) is 17.1. The molecule has 2 heterocycles. The fourth-order valence-corrected chi connectivity index (χ4v) is 5.16. The number of hydrogen-bond acceptors (Lipinski definition) is 6. The monoisotopic (exact) mass is 549 g/mol. The van der Waals surface area contributed by atoms with Crippen molar-refractivity contribution in [2.45, 2.75) is 26.2 Å². The first-order valence-electron chi connectivity index (χ1n) is 13.3. The summed E-state index contributed by atoms with van der Waals surface area (Å²) < 4.78 is 11.1. The molecule has 1 fully saturated rings.